The molecule has 1 aromatic rings. The highest BCUT2D eigenvalue weighted by molar-refractivity contribution is 5.51. The summed E-state index contributed by atoms with van der Waals surface area (Å²) in [6.45, 7) is 7.96. The highest BCUT2D eigenvalue weighted by atomic mass is 16.5. The van der Waals surface area contributed by atoms with E-state index >= 15 is 0 Å². The Balaban J connectivity index is 2.05. The summed E-state index contributed by atoms with van der Waals surface area (Å²) >= 11 is 0. The number of likely N-dealkylation sites (tertiary alicyclic amines) is 1. The Labute approximate surface area is 110 Å². The maximum Gasteiger partial charge on any atom is 0.120 e. The van der Waals surface area contributed by atoms with Crippen LogP contribution in [-0.4, -0.2) is 25.1 Å². The van der Waals surface area contributed by atoms with Crippen molar-refractivity contribution in [2.45, 2.75) is 33.2 Å². The van der Waals surface area contributed by atoms with Gasteiger partial charge >= 0.3 is 0 Å². The summed E-state index contributed by atoms with van der Waals surface area (Å²) in [6, 6.07) is 5.97. The molecule has 0 aliphatic carbocycles. The maximum atomic E-state index is 6.08. The topological polar surface area (TPSA) is 38.5 Å². The minimum atomic E-state index is 0.430. The van der Waals surface area contributed by atoms with E-state index in [0.717, 1.165) is 24.5 Å². The first-order valence-corrected chi connectivity index (χ1v) is 6.65. The van der Waals surface area contributed by atoms with Crippen molar-refractivity contribution in [2.24, 2.45) is 5.41 Å². The Kier molecular flexibility index (Phi) is 3.81. The Morgan fingerprint density at radius 3 is 2.78 bits per heavy atom. The predicted octanol–water partition coefficient (Wildman–Crippen LogP) is 2.90. The van der Waals surface area contributed by atoms with Gasteiger partial charge < -0.3 is 10.5 Å². The Morgan fingerprint density at radius 2 is 2.17 bits per heavy atom. The molecule has 1 aromatic carbocycles. The average molecular weight is 248 g/mol. The van der Waals surface area contributed by atoms with Crippen LogP contribution in [0.3, 0.4) is 0 Å². The van der Waals surface area contributed by atoms with Crippen LogP contribution in [0.15, 0.2) is 18.2 Å². The van der Waals surface area contributed by atoms with Crippen molar-refractivity contribution in [3.8, 4) is 5.75 Å². The smallest absolute Gasteiger partial charge is 0.120 e. The van der Waals surface area contributed by atoms with Gasteiger partial charge in [0.2, 0.25) is 0 Å². The minimum Gasteiger partial charge on any atom is -0.497 e. The van der Waals surface area contributed by atoms with E-state index in [1.54, 1.807) is 7.11 Å². The summed E-state index contributed by atoms with van der Waals surface area (Å²) in [5.41, 5.74) is 8.54. The third-order valence-corrected chi connectivity index (χ3v) is 3.73. The molecule has 3 nitrogen and oxygen atoms in total. The number of piperidine rings is 1. The van der Waals surface area contributed by atoms with Gasteiger partial charge in [0.15, 0.2) is 0 Å². The third-order valence-electron chi connectivity index (χ3n) is 3.73. The lowest BCUT2D eigenvalue weighted by Crippen LogP contribution is -2.39. The summed E-state index contributed by atoms with van der Waals surface area (Å²) in [7, 11) is 1.67. The molecule has 0 atom stereocenters. The minimum absolute atomic E-state index is 0.430. The van der Waals surface area contributed by atoms with Crippen LogP contribution in [0.2, 0.25) is 0 Å². The van der Waals surface area contributed by atoms with Crippen molar-refractivity contribution in [3.63, 3.8) is 0 Å². The molecule has 1 saturated heterocycles. The highest BCUT2D eigenvalue weighted by Crippen LogP contribution is 2.30. The number of anilines is 1. The highest BCUT2D eigenvalue weighted by Gasteiger charge is 2.26. The van der Waals surface area contributed by atoms with Gasteiger partial charge in [-0.1, -0.05) is 19.9 Å². The molecule has 1 fully saturated rings. The largest absolute Gasteiger partial charge is 0.497 e. The lowest BCUT2D eigenvalue weighted by Gasteiger charge is -2.38. The predicted molar refractivity (Wildman–Crippen MR) is 75.7 cm³/mol. The molecule has 18 heavy (non-hydrogen) atoms. The van der Waals surface area contributed by atoms with Crippen LogP contribution in [0, 0.1) is 5.41 Å². The van der Waals surface area contributed by atoms with E-state index in [0.29, 0.717) is 5.41 Å². The summed E-state index contributed by atoms with van der Waals surface area (Å²) in [5, 5.41) is 0. The first-order valence-electron chi connectivity index (χ1n) is 6.65. The molecule has 0 bridgehead atoms. The van der Waals surface area contributed by atoms with Gasteiger partial charge in [0.05, 0.1) is 7.11 Å². The normalized spacial score (nSPS) is 19.7. The van der Waals surface area contributed by atoms with E-state index in [-0.39, 0.29) is 0 Å². The van der Waals surface area contributed by atoms with Gasteiger partial charge in [0.25, 0.3) is 0 Å². The second-order valence-electron chi connectivity index (χ2n) is 6.04. The van der Waals surface area contributed by atoms with Crippen molar-refractivity contribution < 1.29 is 4.74 Å². The van der Waals surface area contributed by atoms with Gasteiger partial charge in [0, 0.05) is 24.8 Å². The second kappa shape index (κ2) is 5.19. The number of nitrogen functional groups attached to an aromatic ring is 1. The fourth-order valence-electron chi connectivity index (χ4n) is 2.76. The number of methoxy groups -OCH3 is 1. The number of nitrogens with zero attached hydrogens (tertiary/aromatic N) is 1. The number of hydrogen-bond donors (Lipinski definition) is 1. The van der Waals surface area contributed by atoms with Crippen molar-refractivity contribution in [1.29, 1.82) is 0 Å². The fraction of sp³-hybridized carbons (Fsp3) is 0.600. The van der Waals surface area contributed by atoms with Crippen LogP contribution < -0.4 is 10.5 Å². The van der Waals surface area contributed by atoms with Gasteiger partial charge in [-0.3, -0.25) is 4.90 Å². The summed E-state index contributed by atoms with van der Waals surface area (Å²) < 4.78 is 5.18. The molecule has 3 heteroatoms. The molecule has 0 unspecified atom stereocenters. The van der Waals surface area contributed by atoms with Gasteiger partial charge in [-0.05, 0) is 36.4 Å². The van der Waals surface area contributed by atoms with E-state index in [2.05, 4.69) is 24.8 Å². The first kappa shape index (κ1) is 13.2. The van der Waals surface area contributed by atoms with Crippen LogP contribution in [0.25, 0.3) is 0 Å². The zero-order valence-corrected chi connectivity index (χ0v) is 11.7. The van der Waals surface area contributed by atoms with Crippen LogP contribution in [-0.2, 0) is 6.54 Å². The summed E-state index contributed by atoms with van der Waals surface area (Å²) in [4.78, 5) is 2.50. The molecule has 0 saturated carbocycles. The van der Waals surface area contributed by atoms with Crippen LogP contribution in [0.4, 0.5) is 5.69 Å². The van der Waals surface area contributed by atoms with E-state index in [1.807, 2.05) is 12.1 Å². The second-order valence-corrected chi connectivity index (χ2v) is 6.04. The standard InChI is InChI=1S/C15H24N2O/c1-15(2)7-4-8-17(11-15)10-12-5-6-13(18-3)9-14(12)16/h5-6,9H,4,7-8,10-11,16H2,1-3H3. The number of benzene rings is 1. The van der Waals surface area contributed by atoms with Crippen molar-refractivity contribution in [3.05, 3.63) is 23.8 Å². The van der Waals surface area contributed by atoms with Gasteiger partial charge in [0.1, 0.15) is 5.75 Å². The van der Waals surface area contributed by atoms with E-state index < -0.39 is 0 Å². The molecular formula is C15H24N2O. The summed E-state index contributed by atoms with van der Waals surface area (Å²) in [6.07, 6.45) is 2.60. The molecule has 1 heterocycles. The molecule has 2 N–H and O–H groups in total. The van der Waals surface area contributed by atoms with Crippen LogP contribution >= 0.6 is 0 Å². The quantitative estimate of drug-likeness (QED) is 0.836. The van der Waals surface area contributed by atoms with Crippen molar-refractivity contribution >= 4 is 5.69 Å². The molecule has 0 spiro atoms. The maximum absolute atomic E-state index is 6.08. The monoisotopic (exact) mass is 248 g/mol. The molecule has 0 radical (unpaired) electrons. The van der Waals surface area contributed by atoms with E-state index in [4.69, 9.17) is 10.5 Å². The Morgan fingerprint density at radius 1 is 1.39 bits per heavy atom. The first-order chi connectivity index (χ1) is 8.50. The van der Waals surface area contributed by atoms with E-state index in [9.17, 15) is 0 Å². The van der Waals surface area contributed by atoms with Crippen molar-refractivity contribution in [1.82, 2.24) is 4.90 Å². The van der Waals surface area contributed by atoms with Gasteiger partial charge in [-0.25, -0.2) is 0 Å². The van der Waals surface area contributed by atoms with E-state index in [1.165, 1.54) is 24.9 Å². The molecule has 0 aromatic heterocycles. The van der Waals surface area contributed by atoms with Gasteiger partial charge in [-0.15, -0.1) is 0 Å². The lowest BCUT2D eigenvalue weighted by molar-refractivity contribution is 0.112. The Bertz CT molecular complexity index is 415. The molecule has 1 aliphatic rings. The Hall–Kier alpha value is -1.22. The summed E-state index contributed by atoms with van der Waals surface area (Å²) in [5.74, 6) is 0.829. The van der Waals surface area contributed by atoms with Crippen LogP contribution in [0.1, 0.15) is 32.3 Å². The van der Waals surface area contributed by atoms with Gasteiger partial charge in [-0.2, -0.15) is 0 Å². The SMILES string of the molecule is COc1ccc(CN2CCCC(C)(C)C2)c(N)c1. The zero-order valence-electron chi connectivity index (χ0n) is 11.7. The average Bonchev–Trinajstić information content (AvgIpc) is 2.30. The fourth-order valence-corrected chi connectivity index (χ4v) is 2.76. The molecule has 1 aliphatic heterocycles. The lowest BCUT2D eigenvalue weighted by atomic mass is 9.84. The molecule has 100 valence electrons. The van der Waals surface area contributed by atoms with Crippen LogP contribution in [0.5, 0.6) is 5.75 Å². The third kappa shape index (κ3) is 3.16. The number of rotatable bonds is 3. The number of ether oxygens (including phenoxy) is 1. The molecule has 2 rings (SSSR count). The number of hydrogen-bond acceptors (Lipinski definition) is 3. The number of nitrogens with two attached hydrogens (primary N) is 1. The molecule has 0 amide bonds. The van der Waals surface area contributed by atoms with Crippen molar-refractivity contribution in [2.75, 3.05) is 25.9 Å². The molecular weight excluding hydrogens is 224 g/mol. The zero-order chi connectivity index (χ0) is 13.2.